The fourth-order valence-electron chi connectivity index (χ4n) is 2.85. The Balaban J connectivity index is 2.03. The first-order valence-electron chi connectivity index (χ1n) is 6.95. The molecule has 0 heterocycles. The summed E-state index contributed by atoms with van der Waals surface area (Å²) >= 11 is 0. The normalized spacial score (nSPS) is 38.1. The summed E-state index contributed by atoms with van der Waals surface area (Å²) in [5.41, 5.74) is 3.66. The minimum Gasteiger partial charge on any atom is -0.393 e. The molecule has 20 heavy (non-hydrogen) atoms. The second-order valence-corrected chi connectivity index (χ2v) is 5.69. The molecule has 4 N–H and O–H groups in total. The number of rotatable bonds is 3. The quantitative estimate of drug-likeness (QED) is 0.744. The Morgan fingerprint density at radius 2 is 1.85 bits per heavy atom. The van der Waals surface area contributed by atoms with Crippen molar-refractivity contribution >= 4 is 0 Å². The van der Waals surface area contributed by atoms with E-state index in [1.54, 1.807) is 6.08 Å². The predicted octanol–water partition coefficient (Wildman–Crippen LogP) is 1.88. The van der Waals surface area contributed by atoms with E-state index in [1.165, 1.54) is 12.2 Å². The molecule has 2 aliphatic carbocycles. The largest absolute Gasteiger partial charge is 0.400 e. The van der Waals surface area contributed by atoms with Crippen LogP contribution in [0, 0.1) is 5.41 Å². The van der Waals surface area contributed by atoms with Crippen LogP contribution in [0.1, 0.15) is 25.7 Å². The Labute approximate surface area is 116 Å². The maximum absolute atomic E-state index is 13.4. The number of nitrogens with one attached hydrogen (secondary N) is 1. The van der Waals surface area contributed by atoms with Crippen molar-refractivity contribution in [3.63, 3.8) is 0 Å². The van der Waals surface area contributed by atoms with Gasteiger partial charge in [-0.15, -0.1) is 0 Å². The van der Waals surface area contributed by atoms with Crippen LogP contribution in [-0.4, -0.2) is 36.0 Å². The van der Waals surface area contributed by atoms with Gasteiger partial charge in [0.15, 0.2) is 0 Å². The topological polar surface area (TPSA) is 58.3 Å². The first-order valence-corrected chi connectivity index (χ1v) is 6.95. The summed E-state index contributed by atoms with van der Waals surface area (Å²) < 4.78 is 40.3. The molecule has 0 saturated heterocycles. The van der Waals surface area contributed by atoms with Crippen molar-refractivity contribution in [2.24, 2.45) is 11.1 Å². The lowest BCUT2D eigenvalue weighted by atomic mass is 9.76. The summed E-state index contributed by atoms with van der Waals surface area (Å²) in [4.78, 5) is 0. The van der Waals surface area contributed by atoms with Gasteiger partial charge in [-0.3, -0.25) is 0 Å². The Kier molecular flexibility index (Phi) is 4.56. The van der Waals surface area contributed by atoms with E-state index in [-0.39, 0.29) is 18.7 Å². The predicted molar refractivity (Wildman–Crippen MR) is 71.0 cm³/mol. The number of halogens is 3. The molecule has 2 aliphatic rings. The lowest BCUT2D eigenvalue weighted by molar-refractivity contribution is -0.208. The smallest absolute Gasteiger partial charge is 0.393 e. The zero-order valence-corrected chi connectivity index (χ0v) is 11.2. The van der Waals surface area contributed by atoms with Gasteiger partial charge in [-0.2, -0.15) is 13.2 Å². The van der Waals surface area contributed by atoms with Gasteiger partial charge >= 0.3 is 6.18 Å². The SMILES string of the molecule is NC1C=CC=CC1(CNC1CCC(O)CC1)C(F)(F)F. The molecule has 2 unspecified atom stereocenters. The van der Waals surface area contributed by atoms with Gasteiger partial charge in [0.2, 0.25) is 0 Å². The fraction of sp³-hybridized carbons (Fsp3) is 0.714. The van der Waals surface area contributed by atoms with Crippen LogP contribution >= 0.6 is 0 Å². The van der Waals surface area contributed by atoms with Crippen molar-refractivity contribution in [3.8, 4) is 0 Å². The van der Waals surface area contributed by atoms with Crippen molar-refractivity contribution < 1.29 is 18.3 Å². The van der Waals surface area contributed by atoms with Crippen LogP contribution in [0.4, 0.5) is 13.2 Å². The van der Waals surface area contributed by atoms with Gasteiger partial charge < -0.3 is 16.2 Å². The molecule has 2 rings (SSSR count). The first kappa shape index (κ1) is 15.5. The van der Waals surface area contributed by atoms with Gasteiger partial charge in [0, 0.05) is 18.6 Å². The molecule has 1 fully saturated rings. The zero-order chi connectivity index (χ0) is 14.8. The van der Waals surface area contributed by atoms with Crippen molar-refractivity contribution in [2.75, 3.05) is 6.54 Å². The highest BCUT2D eigenvalue weighted by Gasteiger charge is 2.56. The third-order valence-corrected chi connectivity index (χ3v) is 4.33. The summed E-state index contributed by atoms with van der Waals surface area (Å²) in [5, 5.41) is 12.4. The number of allylic oxidation sites excluding steroid dienone is 2. The van der Waals surface area contributed by atoms with Gasteiger partial charge in [-0.25, -0.2) is 0 Å². The highest BCUT2D eigenvalue weighted by molar-refractivity contribution is 5.25. The third kappa shape index (κ3) is 3.07. The van der Waals surface area contributed by atoms with Gasteiger partial charge in [0.1, 0.15) is 5.41 Å². The van der Waals surface area contributed by atoms with Crippen LogP contribution in [0.15, 0.2) is 24.3 Å². The molecular weight excluding hydrogens is 269 g/mol. The average Bonchev–Trinajstić information content (AvgIpc) is 2.38. The lowest BCUT2D eigenvalue weighted by Crippen LogP contribution is -2.57. The van der Waals surface area contributed by atoms with Crippen molar-refractivity contribution in [2.45, 2.75) is 50.0 Å². The Hall–Kier alpha value is -0.850. The molecule has 2 atom stereocenters. The molecular formula is C14H21F3N2O. The molecule has 0 radical (unpaired) electrons. The number of alkyl halides is 3. The average molecular weight is 290 g/mol. The van der Waals surface area contributed by atoms with Crippen LogP contribution in [0.2, 0.25) is 0 Å². The third-order valence-electron chi connectivity index (χ3n) is 4.33. The minimum absolute atomic E-state index is 0.0177. The van der Waals surface area contributed by atoms with E-state index < -0.39 is 17.6 Å². The van der Waals surface area contributed by atoms with E-state index in [1.807, 2.05) is 0 Å². The van der Waals surface area contributed by atoms with E-state index in [0.717, 1.165) is 6.08 Å². The van der Waals surface area contributed by atoms with Crippen LogP contribution < -0.4 is 11.1 Å². The molecule has 1 saturated carbocycles. The lowest BCUT2D eigenvalue weighted by Gasteiger charge is -2.40. The molecule has 0 aliphatic heterocycles. The van der Waals surface area contributed by atoms with Gasteiger partial charge in [0.05, 0.1) is 6.10 Å². The van der Waals surface area contributed by atoms with Crippen molar-refractivity contribution in [3.05, 3.63) is 24.3 Å². The monoisotopic (exact) mass is 290 g/mol. The van der Waals surface area contributed by atoms with Crippen LogP contribution in [-0.2, 0) is 0 Å². The fourth-order valence-corrected chi connectivity index (χ4v) is 2.85. The second-order valence-electron chi connectivity index (χ2n) is 5.69. The molecule has 0 spiro atoms. The minimum atomic E-state index is -4.39. The van der Waals surface area contributed by atoms with E-state index >= 15 is 0 Å². The van der Waals surface area contributed by atoms with Crippen molar-refractivity contribution in [1.29, 1.82) is 0 Å². The molecule has 0 bridgehead atoms. The van der Waals surface area contributed by atoms with Crippen LogP contribution in [0.25, 0.3) is 0 Å². The van der Waals surface area contributed by atoms with E-state index in [0.29, 0.717) is 25.7 Å². The molecule has 0 aromatic carbocycles. The first-order chi connectivity index (χ1) is 9.35. The molecule has 0 amide bonds. The summed E-state index contributed by atoms with van der Waals surface area (Å²) in [6.07, 6.45) is 3.46. The number of hydrogen-bond acceptors (Lipinski definition) is 3. The maximum Gasteiger partial charge on any atom is 0.400 e. The van der Waals surface area contributed by atoms with Crippen LogP contribution in [0.5, 0.6) is 0 Å². The Bertz CT molecular complexity index is 386. The van der Waals surface area contributed by atoms with Crippen molar-refractivity contribution in [1.82, 2.24) is 5.32 Å². The molecule has 114 valence electrons. The highest BCUT2D eigenvalue weighted by atomic mass is 19.4. The molecule has 6 heteroatoms. The highest BCUT2D eigenvalue weighted by Crippen LogP contribution is 2.43. The summed E-state index contributed by atoms with van der Waals surface area (Å²) in [6.45, 7) is -0.223. The van der Waals surface area contributed by atoms with Crippen LogP contribution in [0.3, 0.4) is 0 Å². The summed E-state index contributed by atoms with van der Waals surface area (Å²) in [6, 6.07) is -1.06. The number of aliphatic hydroxyl groups excluding tert-OH is 1. The van der Waals surface area contributed by atoms with Gasteiger partial charge in [-0.05, 0) is 25.7 Å². The number of nitrogens with two attached hydrogens (primary N) is 1. The van der Waals surface area contributed by atoms with Gasteiger partial charge in [-0.1, -0.05) is 24.3 Å². The summed E-state index contributed by atoms with van der Waals surface area (Å²) in [5.74, 6) is 0. The molecule has 0 aromatic rings. The number of hydrogen-bond donors (Lipinski definition) is 3. The maximum atomic E-state index is 13.4. The van der Waals surface area contributed by atoms with Gasteiger partial charge in [0.25, 0.3) is 0 Å². The van der Waals surface area contributed by atoms with E-state index in [4.69, 9.17) is 5.73 Å². The zero-order valence-electron chi connectivity index (χ0n) is 11.2. The van der Waals surface area contributed by atoms with E-state index in [2.05, 4.69) is 5.32 Å². The molecule has 0 aromatic heterocycles. The standard InChI is InChI=1S/C14H21F3N2O/c15-14(16,17)13(8-2-1-3-12(13)18)9-19-10-4-6-11(20)7-5-10/h1-3,8,10-12,19-20H,4-7,9,18H2. The van der Waals surface area contributed by atoms with E-state index in [9.17, 15) is 18.3 Å². The number of aliphatic hydroxyl groups is 1. The Morgan fingerprint density at radius 3 is 2.40 bits per heavy atom. The second kappa shape index (κ2) is 5.87. The Morgan fingerprint density at radius 1 is 1.20 bits per heavy atom. The molecule has 3 nitrogen and oxygen atoms in total. The summed E-state index contributed by atoms with van der Waals surface area (Å²) in [7, 11) is 0.